The molecule has 1 aromatic heterocycles. The van der Waals surface area contributed by atoms with Crippen molar-refractivity contribution in [3.05, 3.63) is 71.6 Å². The van der Waals surface area contributed by atoms with Crippen molar-refractivity contribution in [1.29, 1.82) is 0 Å². The molecule has 130 valence electrons. The van der Waals surface area contributed by atoms with Gasteiger partial charge in [0.2, 0.25) is 5.91 Å². The van der Waals surface area contributed by atoms with Crippen molar-refractivity contribution < 1.29 is 9.59 Å². The van der Waals surface area contributed by atoms with Crippen LogP contribution in [0.1, 0.15) is 23.2 Å². The summed E-state index contributed by atoms with van der Waals surface area (Å²) in [7, 11) is 0. The van der Waals surface area contributed by atoms with E-state index >= 15 is 0 Å². The molecule has 0 aliphatic carbocycles. The summed E-state index contributed by atoms with van der Waals surface area (Å²) in [6.45, 7) is 0.749. The van der Waals surface area contributed by atoms with E-state index in [4.69, 9.17) is 0 Å². The molecule has 1 aliphatic heterocycles. The number of para-hydroxylation sites is 1. The van der Waals surface area contributed by atoms with Crippen LogP contribution in [0.4, 0.5) is 11.4 Å². The molecule has 1 N–H and O–H groups in total. The minimum absolute atomic E-state index is 0.145. The second-order valence-corrected chi connectivity index (χ2v) is 7.12. The fourth-order valence-corrected chi connectivity index (χ4v) is 3.91. The largest absolute Gasteiger partial charge is 0.321 e. The maximum absolute atomic E-state index is 12.6. The molecule has 5 heteroatoms. The monoisotopic (exact) mass is 362 g/mol. The molecule has 0 spiro atoms. The van der Waals surface area contributed by atoms with Crippen LogP contribution in [0.25, 0.3) is 10.4 Å². The molecular formula is C21H18N2O2S. The van der Waals surface area contributed by atoms with E-state index in [-0.39, 0.29) is 11.8 Å². The molecular weight excluding hydrogens is 344 g/mol. The van der Waals surface area contributed by atoms with Crippen molar-refractivity contribution in [3.8, 4) is 10.4 Å². The van der Waals surface area contributed by atoms with Crippen LogP contribution in [0.3, 0.4) is 0 Å². The van der Waals surface area contributed by atoms with Crippen molar-refractivity contribution in [2.75, 3.05) is 16.8 Å². The first-order valence-corrected chi connectivity index (χ1v) is 9.45. The number of amides is 2. The van der Waals surface area contributed by atoms with E-state index in [1.54, 1.807) is 28.4 Å². The summed E-state index contributed by atoms with van der Waals surface area (Å²) in [4.78, 5) is 27.4. The van der Waals surface area contributed by atoms with Crippen molar-refractivity contribution >= 4 is 34.5 Å². The highest BCUT2D eigenvalue weighted by molar-refractivity contribution is 7.13. The van der Waals surface area contributed by atoms with Gasteiger partial charge in [0, 0.05) is 40.3 Å². The summed E-state index contributed by atoms with van der Waals surface area (Å²) in [6.07, 6.45) is 1.49. The zero-order chi connectivity index (χ0) is 17.9. The number of carbonyl (C=O) groups excluding carboxylic acids is 2. The Morgan fingerprint density at radius 1 is 1.00 bits per heavy atom. The average molecular weight is 362 g/mol. The van der Waals surface area contributed by atoms with Gasteiger partial charge in [0.05, 0.1) is 0 Å². The number of benzene rings is 2. The number of anilines is 2. The fraction of sp³-hybridized carbons (Fsp3) is 0.143. The van der Waals surface area contributed by atoms with Crippen LogP contribution in [0.15, 0.2) is 66.0 Å². The van der Waals surface area contributed by atoms with E-state index in [0.29, 0.717) is 12.0 Å². The van der Waals surface area contributed by atoms with Crippen molar-refractivity contribution in [2.24, 2.45) is 0 Å². The Morgan fingerprint density at radius 2 is 1.81 bits per heavy atom. The van der Waals surface area contributed by atoms with Gasteiger partial charge < -0.3 is 10.2 Å². The molecule has 0 bridgehead atoms. The first kappa shape index (κ1) is 16.5. The van der Waals surface area contributed by atoms with E-state index < -0.39 is 0 Å². The number of nitrogens with one attached hydrogen (secondary N) is 1. The number of nitrogens with zero attached hydrogens (tertiary/aromatic N) is 1. The number of hydrogen-bond acceptors (Lipinski definition) is 3. The molecule has 4 nitrogen and oxygen atoms in total. The highest BCUT2D eigenvalue weighted by Gasteiger charge is 2.21. The van der Waals surface area contributed by atoms with Crippen LogP contribution in [-0.2, 0) is 4.79 Å². The average Bonchev–Trinajstić information content (AvgIpc) is 3.34. The number of thiophene rings is 1. The normalized spacial score (nSPS) is 13.8. The summed E-state index contributed by atoms with van der Waals surface area (Å²) in [6, 6.07) is 19.0. The van der Waals surface area contributed by atoms with E-state index in [1.807, 2.05) is 53.9 Å². The van der Waals surface area contributed by atoms with Crippen LogP contribution < -0.4 is 10.2 Å². The Kier molecular flexibility index (Phi) is 4.54. The van der Waals surface area contributed by atoms with Crippen molar-refractivity contribution in [3.63, 3.8) is 0 Å². The maximum Gasteiger partial charge on any atom is 0.255 e. The molecule has 1 fully saturated rings. The zero-order valence-corrected chi connectivity index (χ0v) is 15.0. The lowest BCUT2D eigenvalue weighted by atomic mass is 10.1. The lowest BCUT2D eigenvalue weighted by molar-refractivity contribution is -0.117. The Hall–Kier alpha value is -2.92. The first-order chi connectivity index (χ1) is 12.7. The predicted molar refractivity (Wildman–Crippen MR) is 106 cm³/mol. The third-order valence-electron chi connectivity index (χ3n) is 4.48. The molecule has 0 unspecified atom stereocenters. The molecule has 0 radical (unpaired) electrons. The first-order valence-electron chi connectivity index (χ1n) is 8.57. The van der Waals surface area contributed by atoms with Gasteiger partial charge in [0.1, 0.15) is 0 Å². The summed E-state index contributed by atoms with van der Waals surface area (Å²) in [5.74, 6) is -0.0135. The summed E-state index contributed by atoms with van der Waals surface area (Å²) >= 11 is 1.64. The molecule has 26 heavy (non-hydrogen) atoms. The lowest BCUT2D eigenvalue weighted by Gasteiger charge is -2.16. The van der Waals surface area contributed by atoms with Gasteiger partial charge >= 0.3 is 0 Å². The summed E-state index contributed by atoms with van der Waals surface area (Å²) < 4.78 is 0. The van der Waals surface area contributed by atoms with Gasteiger partial charge in [-0.1, -0.05) is 24.3 Å². The summed E-state index contributed by atoms with van der Waals surface area (Å²) in [5.41, 5.74) is 3.22. The predicted octanol–water partition coefficient (Wildman–Crippen LogP) is 4.79. The van der Waals surface area contributed by atoms with Gasteiger partial charge in [0.15, 0.2) is 0 Å². The fourth-order valence-electron chi connectivity index (χ4n) is 3.15. The molecule has 2 heterocycles. The van der Waals surface area contributed by atoms with Crippen LogP contribution in [-0.4, -0.2) is 18.4 Å². The standard InChI is InChI=1S/C21H18N2O2S/c24-20-8-3-13-23(20)16-11-9-15(10-12-16)21(25)22-18-6-2-1-5-17(18)19-7-4-14-26-19/h1-2,4-7,9-12,14H,3,8,13H2,(H,22,25). The van der Waals surface area contributed by atoms with Gasteiger partial charge in [-0.05, 0) is 48.2 Å². The minimum Gasteiger partial charge on any atom is -0.321 e. The third kappa shape index (κ3) is 3.26. The maximum atomic E-state index is 12.6. The Morgan fingerprint density at radius 3 is 2.50 bits per heavy atom. The van der Waals surface area contributed by atoms with Crippen LogP contribution in [0, 0.1) is 0 Å². The van der Waals surface area contributed by atoms with Crippen molar-refractivity contribution in [1.82, 2.24) is 0 Å². The van der Waals surface area contributed by atoms with Gasteiger partial charge in [-0.2, -0.15) is 0 Å². The molecule has 1 saturated heterocycles. The third-order valence-corrected chi connectivity index (χ3v) is 5.38. The molecule has 2 aromatic carbocycles. The number of hydrogen-bond donors (Lipinski definition) is 1. The van der Waals surface area contributed by atoms with Gasteiger partial charge in [-0.15, -0.1) is 11.3 Å². The topological polar surface area (TPSA) is 49.4 Å². The van der Waals surface area contributed by atoms with E-state index in [1.165, 1.54) is 0 Å². The zero-order valence-electron chi connectivity index (χ0n) is 14.1. The van der Waals surface area contributed by atoms with Crippen LogP contribution >= 0.6 is 11.3 Å². The smallest absolute Gasteiger partial charge is 0.255 e. The molecule has 4 rings (SSSR count). The highest BCUT2D eigenvalue weighted by atomic mass is 32.1. The van der Waals surface area contributed by atoms with Gasteiger partial charge in [0.25, 0.3) is 5.91 Å². The minimum atomic E-state index is -0.159. The Balaban J connectivity index is 1.53. The molecule has 1 aliphatic rings. The molecule has 0 saturated carbocycles. The second kappa shape index (κ2) is 7.14. The van der Waals surface area contributed by atoms with Crippen LogP contribution in [0.2, 0.25) is 0 Å². The van der Waals surface area contributed by atoms with Gasteiger partial charge in [-0.3, -0.25) is 9.59 Å². The van der Waals surface area contributed by atoms with Gasteiger partial charge in [-0.25, -0.2) is 0 Å². The van der Waals surface area contributed by atoms with E-state index in [0.717, 1.165) is 34.8 Å². The molecule has 2 amide bonds. The SMILES string of the molecule is O=C(Nc1ccccc1-c1cccs1)c1ccc(N2CCCC2=O)cc1. The lowest BCUT2D eigenvalue weighted by Crippen LogP contribution is -2.23. The number of rotatable bonds is 4. The van der Waals surface area contributed by atoms with E-state index in [2.05, 4.69) is 5.32 Å². The quantitative estimate of drug-likeness (QED) is 0.725. The Labute approximate surface area is 156 Å². The molecule has 0 atom stereocenters. The Bertz CT molecular complexity index is 933. The highest BCUT2D eigenvalue weighted by Crippen LogP contribution is 2.31. The summed E-state index contributed by atoms with van der Waals surface area (Å²) in [5, 5.41) is 5.02. The second-order valence-electron chi connectivity index (χ2n) is 6.17. The van der Waals surface area contributed by atoms with Crippen LogP contribution in [0.5, 0.6) is 0 Å². The van der Waals surface area contributed by atoms with Crippen molar-refractivity contribution in [2.45, 2.75) is 12.8 Å². The number of carbonyl (C=O) groups is 2. The molecule has 3 aromatic rings. The van der Waals surface area contributed by atoms with E-state index in [9.17, 15) is 9.59 Å².